The van der Waals surface area contributed by atoms with E-state index in [1.165, 1.54) is 7.11 Å². The Bertz CT molecular complexity index is 267. The molecule has 3 nitrogen and oxygen atoms in total. The fourth-order valence-corrected chi connectivity index (χ4v) is 2.97. The molecule has 0 aromatic rings. The highest BCUT2D eigenvalue weighted by Crippen LogP contribution is 2.58. The number of carbonyl (C=O) groups excluding carboxylic acids is 1. The fourth-order valence-electron chi connectivity index (χ4n) is 2.97. The lowest BCUT2D eigenvalue weighted by molar-refractivity contribution is -0.153. The van der Waals surface area contributed by atoms with Crippen LogP contribution in [0.1, 0.15) is 33.6 Å². The maximum atomic E-state index is 11.7. The van der Waals surface area contributed by atoms with Gasteiger partial charge in [0.25, 0.3) is 0 Å². The molecule has 0 bridgehead atoms. The van der Waals surface area contributed by atoms with Crippen LogP contribution in [0.2, 0.25) is 0 Å². The first-order valence-corrected chi connectivity index (χ1v) is 5.17. The minimum atomic E-state index is -0.255. The van der Waals surface area contributed by atoms with Crippen molar-refractivity contribution >= 4 is 5.97 Å². The van der Waals surface area contributed by atoms with Gasteiger partial charge in [-0.1, -0.05) is 13.8 Å². The summed E-state index contributed by atoms with van der Waals surface area (Å²) in [7, 11) is 1.45. The zero-order chi connectivity index (χ0) is 10.6. The first kappa shape index (κ1) is 9.97. The molecule has 0 aromatic carbocycles. The van der Waals surface area contributed by atoms with Crippen LogP contribution in [-0.2, 0) is 14.3 Å². The van der Waals surface area contributed by atoms with Gasteiger partial charge in [-0.2, -0.15) is 0 Å². The molecular formula is C11H18O3. The summed E-state index contributed by atoms with van der Waals surface area (Å²) in [5.74, 6) is -0.238. The molecular weight excluding hydrogens is 180 g/mol. The number of rotatable bonds is 1. The van der Waals surface area contributed by atoms with Gasteiger partial charge in [0.15, 0.2) is 0 Å². The zero-order valence-corrected chi connectivity index (χ0v) is 9.29. The molecule has 2 fully saturated rings. The van der Waals surface area contributed by atoms with E-state index in [4.69, 9.17) is 9.47 Å². The molecule has 2 rings (SSSR count). The number of ether oxygens (including phenoxy) is 2. The van der Waals surface area contributed by atoms with Gasteiger partial charge < -0.3 is 9.47 Å². The maximum absolute atomic E-state index is 11.7. The smallest absolute Gasteiger partial charge is 0.312 e. The van der Waals surface area contributed by atoms with Gasteiger partial charge in [0.1, 0.15) is 5.60 Å². The average Bonchev–Trinajstić information content (AvgIpc) is 2.74. The highest BCUT2D eigenvalue weighted by Gasteiger charge is 2.67. The number of epoxide rings is 1. The maximum Gasteiger partial charge on any atom is 0.312 e. The highest BCUT2D eigenvalue weighted by molar-refractivity contribution is 5.75. The molecule has 1 heterocycles. The van der Waals surface area contributed by atoms with Crippen LogP contribution in [0.3, 0.4) is 0 Å². The van der Waals surface area contributed by atoms with Crippen molar-refractivity contribution in [2.75, 3.05) is 7.11 Å². The van der Waals surface area contributed by atoms with Gasteiger partial charge in [-0.15, -0.1) is 0 Å². The van der Waals surface area contributed by atoms with Gasteiger partial charge in [0, 0.05) is 0 Å². The molecule has 3 atom stereocenters. The molecule has 0 aromatic heterocycles. The van der Waals surface area contributed by atoms with E-state index < -0.39 is 0 Å². The third kappa shape index (κ3) is 1.18. The molecule has 80 valence electrons. The van der Waals surface area contributed by atoms with Crippen LogP contribution in [0, 0.1) is 11.3 Å². The van der Waals surface area contributed by atoms with E-state index in [0.717, 1.165) is 12.8 Å². The second kappa shape index (κ2) is 2.72. The van der Waals surface area contributed by atoms with Crippen molar-refractivity contribution in [3.05, 3.63) is 0 Å². The molecule has 3 heteroatoms. The highest BCUT2D eigenvalue weighted by atomic mass is 16.6. The lowest BCUT2D eigenvalue weighted by atomic mass is 9.64. The standard InChI is InChI=1S/C11H18O3/c1-10(2)6-5-7-11(3,14-7)8(10)9(12)13-4/h7-8H,5-6H2,1-4H3. The number of carbonyl (C=O) groups is 1. The molecule has 1 saturated heterocycles. The Labute approximate surface area is 84.8 Å². The van der Waals surface area contributed by atoms with Crippen molar-refractivity contribution in [2.45, 2.75) is 45.3 Å². The summed E-state index contributed by atoms with van der Waals surface area (Å²) in [6.45, 7) is 6.27. The van der Waals surface area contributed by atoms with Gasteiger partial charge in [-0.25, -0.2) is 0 Å². The molecule has 1 aliphatic heterocycles. The van der Waals surface area contributed by atoms with Crippen molar-refractivity contribution in [3.8, 4) is 0 Å². The second-order valence-corrected chi connectivity index (χ2v) is 5.27. The van der Waals surface area contributed by atoms with Crippen LogP contribution in [-0.4, -0.2) is 24.8 Å². The average molecular weight is 198 g/mol. The van der Waals surface area contributed by atoms with E-state index in [0.29, 0.717) is 0 Å². The molecule has 3 unspecified atom stereocenters. The third-order valence-electron chi connectivity index (χ3n) is 3.82. The molecule has 1 aliphatic carbocycles. The normalized spacial score (nSPS) is 44.0. The van der Waals surface area contributed by atoms with E-state index in [1.807, 2.05) is 6.92 Å². The lowest BCUT2D eigenvalue weighted by Gasteiger charge is -2.38. The van der Waals surface area contributed by atoms with Crippen molar-refractivity contribution < 1.29 is 14.3 Å². The van der Waals surface area contributed by atoms with Crippen molar-refractivity contribution in [1.29, 1.82) is 0 Å². The van der Waals surface area contributed by atoms with E-state index in [-0.39, 0.29) is 29.0 Å². The van der Waals surface area contributed by atoms with Crippen LogP contribution >= 0.6 is 0 Å². The number of hydrogen-bond donors (Lipinski definition) is 0. The van der Waals surface area contributed by atoms with Crippen molar-refractivity contribution in [3.63, 3.8) is 0 Å². The SMILES string of the molecule is COC(=O)C1C(C)(C)CCC2OC21C. The monoisotopic (exact) mass is 198 g/mol. The van der Waals surface area contributed by atoms with E-state index >= 15 is 0 Å². The van der Waals surface area contributed by atoms with Crippen molar-refractivity contribution in [2.24, 2.45) is 11.3 Å². The fraction of sp³-hybridized carbons (Fsp3) is 0.909. The molecule has 2 aliphatic rings. The minimum absolute atomic E-state index is 0.00512. The van der Waals surface area contributed by atoms with Gasteiger partial charge in [0.05, 0.1) is 19.1 Å². The summed E-state index contributed by atoms with van der Waals surface area (Å²) in [4.78, 5) is 11.7. The Hall–Kier alpha value is -0.570. The Morgan fingerprint density at radius 3 is 2.64 bits per heavy atom. The summed E-state index contributed by atoms with van der Waals surface area (Å²) in [6, 6.07) is 0. The van der Waals surface area contributed by atoms with Crippen LogP contribution in [0.5, 0.6) is 0 Å². The Balaban J connectivity index is 2.27. The topological polar surface area (TPSA) is 38.8 Å². The zero-order valence-electron chi connectivity index (χ0n) is 9.29. The van der Waals surface area contributed by atoms with Gasteiger partial charge in [-0.05, 0) is 25.2 Å². The Morgan fingerprint density at radius 2 is 2.07 bits per heavy atom. The number of esters is 1. The largest absolute Gasteiger partial charge is 0.469 e. The van der Waals surface area contributed by atoms with Crippen molar-refractivity contribution in [1.82, 2.24) is 0 Å². The first-order chi connectivity index (χ1) is 6.42. The number of hydrogen-bond acceptors (Lipinski definition) is 3. The van der Waals surface area contributed by atoms with Crippen LogP contribution in [0.15, 0.2) is 0 Å². The number of fused-ring (bicyclic) bond motifs is 1. The minimum Gasteiger partial charge on any atom is -0.469 e. The molecule has 0 radical (unpaired) electrons. The molecule has 14 heavy (non-hydrogen) atoms. The van der Waals surface area contributed by atoms with E-state index in [1.54, 1.807) is 0 Å². The second-order valence-electron chi connectivity index (χ2n) is 5.27. The van der Waals surface area contributed by atoms with Crippen LogP contribution < -0.4 is 0 Å². The summed E-state index contributed by atoms with van der Waals surface area (Å²) < 4.78 is 10.5. The lowest BCUT2D eigenvalue weighted by Crippen LogP contribution is -2.45. The predicted molar refractivity (Wildman–Crippen MR) is 51.8 cm³/mol. The van der Waals surface area contributed by atoms with Crippen LogP contribution in [0.4, 0.5) is 0 Å². The van der Waals surface area contributed by atoms with E-state index in [9.17, 15) is 4.79 Å². The van der Waals surface area contributed by atoms with Gasteiger partial charge in [0.2, 0.25) is 0 Å². The quantitative estimate of drug-likeness (QED) is 0.476. The summed E-state index contributed by atoms with van der Waals surface area (Å²) >= 11 is 0. The summed E-state index contributed by atoms with van der Waals surface area (Å²) in [6.07, 6.45) is 2.38. The van der Waals surface area contributed by atoms with Crippen LogP contribution in [0.25, 0.3) is 0 Å². The summed E-state index contributed by atoms with van der Waals surface area (Å²) in [5.41, 5.74) is -0.260. The van der Waals surface area contributed by atoms with E-state index in [2.05, 4.69) is 13.8 Å². The Morgan fingerprint density at radius 1 is 1.43 bits per heavy atom. The molecule has 0 N–H and O–H groups in total. The molecule has 0 amide bonds. The molecule has 0 spiro atoms. The van der Waals surface area contributed by atoms with Gasteiger partial charge >= 0.3 is 5.97 Å². The predicted octanol–water partition coefficient (Wildman–Crippen LogP) is 1.75. The first-order valence-electron chi connectivity index (χ1n) is 5.17. The van der Waals surface area contributed by atoms with Gasteiger partial charge in [-0.3, -0.25) is 4.79 Å². The third-order valence-corrected chi connectivity index (χ3v) is 3.82. The summed E-state index contributed by atoms with van der Waals surface area (Å²) in [5, 5.41) is 0. The number of methoxy groups -OCH3 is 1. The molecule has 1 saturated carbocycles. The Kier molecular flexibility index (Phi) is 1.94.